The van der Waals surface area contributed by atoms with E-state index >= 15 is 0 Å². The van der Waals surface area contributed by atoms with E-state index in [0.717, 1.165) is 0 Å². The molecule has 4 heteroatoms. The number of anilines is 1. The molecule has 0 aliphatic heterocycles. The minimum atomic E-state index is -0.0392. The minimum absolute atomic E-state index is 0.0392. The zero-order chi connectivity index (χ0) is 9.26. The van der Waals surface area contributed by atoms with Crippen LogP contribution in [0.1, 0.15) is 0 Å². The Hall–Kier alpha value is -1.97. The average molecular weight is 177 g/mol. The molecule has 0 unspecified atom stereocenters. The van der Waals surface area contributed by atoms with Gasteiger partial charge in [0.25, 0.3) is 0 Å². The highest BCUT2D eigenvalue weighted by Crippen LogP contribution is 2.35. The van der Waals surface area contributed by atoms with E-state index in [1.165, 1.54) is 0 Å². The van der Waals surface area contributed by atoms with Gasteiger partial charge < -0.3 is 9.52 Å². The molecule has 1 amide bonds. The number of furan rings is 1. The molecule has 2 rings (SSSR count). The number of para-hydroxylation sites is 1. The third-order valence-electron chi connectivity index (χ3n) is 1.76. The average Bonchev–Trinajstić information content (AvgIpc) is 2.46. The predicted octanol–water partition coefficient (Wildman–Crippen LogP) is 1.71. The minimum Gasteiger partial charge on any atom is -0.503 e. The molecular formula is C9H7NO3. The molecule has 1 heterocycles. The lowest BCUT2D eigenvalue weighted by Crippen LogP contribution is -1.90. The fourth-order valence-electron chi connectivity index (χ4n) is 1.18. The van der Waals surface area contributed by atoms with E-state index in [1.807, 2.05) is 0 Å². The Bertz CT molecular complexity index is 447. The van der Waals surface area contributed by atoms with E-state index < -0.39 is 0 Å². The van der Waals surface area contributed by atoms with E-state index in [9.17, 15) is 9.90 Å². The largest absolute Gasteiger partial charge is 0.503 e. The number of carbonyl (C=O) groups is 1. The number of rotatable bonds is 2. The lowest BCUT2D eigenvalue weighted by molar-refractivity contribution is -0.105. The van der Waals surface area contributed by atoms with E-state index in [2.05, 4.69) is 5.32 Å². The quantitative estimate of drug-likeness (QED) is 0.686. The van der Waals surface area contributed by atoms with Gasteiger partial charge in [-0.1, -0.05) is 12.1 Å². The van der Waals surface area contributed by atoms with Crippen molar-refractivity contribution in [1.82, 2.24) is 0 Å². The third kappa shape index (κ3) is 1.12. The Balaban J connectivity index is 2.66. The SMILES string of the molecule is O=CNc1oc2ccccc2c1O. The molecule has 13 heavy (non-hydrogen) atoms. The highest BCUT2D eigenvalue weighted by Gasteiger charge is 2.10. The van der Waals surface area contributed by atoms with Crippen LogP contribution in [0.5, 0.6) is 5.75 Å². The maximum atomic E-state index is 10.1. The van der Waals surface area contributed by atoms with Gasteiger partial charge in [-0.05, 0) is 12.1 Å². The lowest BCUT2D eigenvalue weighted by Gasteiger charge is -1.90. The van der Waals surface area contributed by atoms with Gasteiger partial charge in [-0.2, -0.15) is 0 Å². The van der Waals surface area contributed by atoms with Gasteiger partial charge in [0.05, 0.1) is 5.39 Å². The fraction of sp³-hybridized carbons (Fsp3) is 0. The number of amides is 1. The van der Waals surface area contributed by atoms with Crippen molar-refractivity contribution in [2.45, 2.75) is 0 Å². The number of aromatic hydroxyl groups is 1. The number of hydrogen-bond acceptors (Lipinski definition) is 3. The van der Waals surface area contributed by atoms with Crippen LogP contribution in [0.3, 0.4) is 0 Å². The summed E-state index contributed by atoms with van der Waals surface area (Å²) in [6.45, 7) is 0. The summed E-state index contributed by atoms with van der Waals surface area (Å²) in [4.78, 5) is 10.1. The van der Waals surface area contributed by atoms with Crippen LogP contribution in [-0.2, 0) is 4.79 Å². The Morgan fingerprint density at radius 3 is 2.85 bits per heavy atom. The van der Waals surface area contributed by atoms with Crippen molar-refractivity contribution < 1.29 is 14.3 Å². The summed E-state index contributed by atoms with van der Waals surface area (Å²) in [6.07, 6.45) is 0.456. The van der Waals surface area contributed by atoms with Gasteiger partial charge >= 0.3 is 0 Å². The first kappa shape index (κ1) is 7.67. The van der Waals surface area contributed by atoms with Gasteiger partial charge in [-0.3, -0.25) is 10.1 Å². The van der Waals surface area contributed by atoms with Crippen molar-refractivity contribution in [3.8, 4) is 5.75 Å². The van der Waals surface area contributed by atoms with Crippen LogP contribution in [0.2, 0.25) is 0 Å². The van der Waals surface area contributed by atoms with Crippen molar-refractivity contribution in [2.24, 2.45) is 0 Å². The van der Waals surface area contributed by atoms with Crippen LogP contribution >= 0.6 is 0 Å². The summed E-state index contributed by atoms with van der Waals surface area (Å²) in [6, 6.07) is 6.99. The van der Waals surface area contributed by atoms with E-state index in [0.29, 0.717) is 17.4 Å². The molecule has 0 saturated heterocycles. The van der Waals surface area contributed by atoms with E-state index in [-0.39, 0.29) is 11.6 Å². The molecule has 0 spiro atoms. The molecule has 0 atom stereocenters. The van der Waals surface area contributed by atoms with Crippen molar-refractivity contribution in [3.63, 3.8) is 0 Å². The maximum Gasteiger partial charge on any atom is 0.243 e. The Morgan fingerprint density at radius 2 is 2.15 bits per heavy atom. The Labute approximate surface area is 73.8 Å². The first-order valence-corrected chi connectivity index (χ1v) is 3.73. The topological polar surface area (TPSA) is 62.5 Å². The zero-order valence-electron chi connectivity index (χ0n) is 6.65. The normalized spacial score (nSPS) is 10.2. The van der Waals surface area contributed by atoms with Crippen LogP contribution in [-0.4, -0.2) is 11.5 Å². The van der Waals surface area contributed by atoms with E-state index in [4.69, 9.17) is 4.42 Å². The van der Waals surface area contributed by atoms with Crippen LogP contribution in [0.25, 0.3) is 11.0 Å². The molecule has 0 radical (unpaired) electrons. The number of carbonyl (C=O) groups excluding carboxylic acids is 1. The van der Waals surface area contributed by atoms with Crippen LogP contribution < -0.4 is 5.32 Å². The monoisotopic (exact) mass is 177 g/mol. The molecule has 0 bridgehead atoms. The second-order valence-electron chi connectivity index (χ2n) is 2.54. The standard InChI is InChI=1S/C9H7NO3/c11-5-10-9-8(12)6-3-1-2-4-7(6)13-9/h1-5,12H,(H,10,11). The lowest BCUT2D eigenvalue weighted by atomic mass is 10.2. The summed E-state index contributed by atoms with van der Waals surface area (Å²) in [5.74, 6) is 0.0406. The second-order valence-corrected chi connectivity index (χ2v) is 2.54. The molecule has 2 N–H and O–H groups in total. The predicted molar refractivity (Wildman–Crippen MR) is 47.6 cm³/mol. The second kappa shape index (κ2) is 2.82. The van der Waals surface area contributed by atoms with Gasteiger partial charge in [0.2, 0.25) is 12.3 Å². The highest BCUT2D eigenvalue weighted by atomic mass is 16.4. The molecule has 0 aliphatic carbocycles. The maximum absolute atomic E-state index is 10.1. The first-order valence-electron chi connectivity index (χ1n) is 3.73. The van der Waals surface area contributed by atoms with Crippen LogP contribution in [0.15, 0.2) is 28.7 Å². The summed E-state index contributed by atoms with van der Waals surface area (Å²) in [5, 5.41) is 12.4. The number of hydrogen-bond donors (Lipinski definition) is 2. The molecule has 0 saturated carbocycles. The first-order chi connectivity index (χ1) is 6.33. The highest BCUT2D eigenvalue weighted by molar-refractivity contribution is 5.91. The fourth-order valence-corrected chi connectivity index (χ4v) is 1.18. The molecule has 2 aromatic rings. The molecule has 4 nitrogen and oxygen atoms in total. The summed E-state index contributed by atoms with van der Waals surface area (Å²) in [7, 11) is 0. The molecule has 1 aromatic heterocycles. The third-order valence-corrected chi connectivity index (χ3v) is 1.76. The summed E-state index contributed by atoms with van der Waals surface area (Å²) >= 11 is 0. The smallest absolute Gasteiger partial charge is 0.243 e. The Morgan fingerprint density at radius 1 is 1.38 bits per heavy atom. The van der Waals surface area contributed by atoms with Crippen molar-refractivity contribution in [2.75, 3.05) is 5.32 Å². The molecule has 0 fully saturated rings. The molecule has 66 valence electrons. The van der Waals surface area contributed by atoms with E-state index in [1.54, 1.807) is 24.3 Å². The van der Waals surface area contributed by atoms with Gasteiger partial charge in [0.1, 0.15) is 5.58 Å². The molecule has 1 aromatic carbocycles. The Kier molecular flexibility index (Phi) is 1.66. The van der Waals surface area contributed by atoms with Gasteiger partial charge in [0, 0.05) is 0 Å². The van der Waals surface area contributed by atoms with Gasteiger partial charge in [-0.25, -0.2) is 0 Å². The van der Waals surface area contributed by atoms with Crippen molar-refractivity contribution >= 4 is 23.3 Å². The number of benzene rings is 1. The molecular weight excluding hydrogens is 170 g/mol. The summed E-state index contributed by atoms with van der Waals surface area (Å²) < 4.78 is 5.15. The van der Waals surface area contributed by atoms with Crippen molar-refractivity contribution in [3.05, 3.63) is 24.3 Å². The van der Waals surface area contributed by atoms with Crippen LogP contribution in [0, 0.1) is 0 Å². The zero-order valence-corrected chi connectivity index (χ0v) is 6.65. The molecule has 0 aliphatic rings. The van der Waals surface area contributed by atoms with Gasteiger partial charge in [-0.15, -0.1) is 0 Å². The van der Waals surface area contributed by atoms with Crippen LogP contribution in [0.4, 0.5) is 5.88 Å². The summed E-state index contributed by atoms with van der Waals surface area (Å²) in [5.41, 5.74) is 0.546. The number of nitrogens with one attached hydrogen (secondary N) is 1. The van der Waals surface area contributed by atoms with Crippen molar-refractivity contribution in [1.29, 1.82) is 0 Å². The van der Waals surface area contributed by atoms with Gasteiger partial charge in [0.15, 0.2) is 5.75 Å². The number of fused-ring (bicyclic) bond motifs is 1.